The molecule has 0 amide bonds. The smallest absolute Gasteiger partial charge is 0.360 e. The molecule has 1 aromatic heterocycles. The van der Waals surface area contributed by atoms with E-state index in [9.17, 15) is 4.79 Å². The monoisotopic (exact) mass is 259 g/mol. The number of nitrogens with zero attached hydrogens (tertiary/aromatic N) is 3. The number of methoxy groups -OCH3 is 1. The zero-order valence-corrected chi connectivity index (χ0v) is 9.70. The van der Waals surface area contributed by atoms with Gasteiger partial charge in [0.05, 0.1) is 13.3 Å². The Hall–Kier alpha value is -1.17. The minimum atomic E-state index is -0.498. The molecule has 5 nitrogen and oxygen atoms in total. The van der Waals surface area contributed by atoms with E-state index in [2.05, 4.69) is 30.6 Å². The van der Waals surface area contributed by atoms with Crippen molar-refractivity contribution >= 4 is 27.7 Å². The Morgan fingerprint density at radius 2 is 2.21 bits per heavy atom. The van der Waals surface area contributed by atoms with E-state index in [1.54, 1.807) is 19.0 Å². The van der Waals surface area contributed by atoms with Crippen LogP contribution in [0, 0.1) is 0 Å². The Kier molecular flexibility index (Phi) is 3.40. The van der Waals surface area contributed by atoms with Crippen molar-refractivity contribution in [1.82, 2.24) is 9.97 Å². The van der Waals surface area contributed by atoms with Gasteiger partial charge >= 0.3 is 5.97 Å². The number of halogens is 1. The quantitative estimate of drug-likeness (QED) is 0.745. The molecule has 0 fully saturated rings. The lowest BCUT2D eigenvalue weighted by atomic mass is 10.4. The van der Waals surface area contributed by atoms with Gasteiger partial charge in [-0.05, 0) is 15.9 Å². The van der Waals surface area contributed by atoms with E-state index >= 15 is 0 Å². The van der Waals surface area contributed by atoms with Gasteiger partial charge in [0.15, 0.2) is 11.5 Å². The average molecular weight is 260 g/mol. The van der Waals surface area contributed by atoms with Gasteiger partial charge in [-0.15, -0.1) is 0 Å². The lowest BCUT2D eigenvalue weighted by Gasteiger charge is -2.13. The van der Waals surface area contributed by atoms with Crippen LogP contribution in [0.2, 0.25) is 0 Å². The van der Waals surface area contributed by atoms with Crippen LogP contribution in [0.5, 0.6) is 0 Å². The second-order valence-corrected chi connectivity index (χ2v) is 3.56. The van der Waals surface area contributed by atoms with E-state index in [-0.39, 0.29) is 5.69 Å². The number of aromatic nitrogens is 2. The summed E-state index contributed by atoms with van der Waals surface area (Å²) in [6.45, 7) is 0. The fraction of sp³-hybridized carbons (Fsp3) is 0.375. The summed E-state index contributed by atoms with van der Waals surface area (Å²) < 4.78 is 5.10. The Morgan fingerprint density at radius 1 is 1.57 bits per heavy atom. The normalized spacial score (nSPS) is 9.71. The molecule has 0 bridgehead atoms. The number of rotatable bonds is 2. The Balaban J connectivity index is 3.22. The fourth-order valence-corrected chi connectivity index (χ4v) is 1.20. The van der Waals surface area contributed by atoms with Gasteiger partial charge in [0, 0.05) is 14.1 Å². The third-order valence-electron chi connectivity index (χ3n) is 1.53. The van der Waals surface area contributed by atoms with Crippen molar-refractivity contribution in [1.29, 1.82) is 0 Å². The summed E-state index contributed by atoms with van der Waals surface area (Å²) in [5.74, 6) is -0.0115. The van der Waals surface area contributed by atoms with Crippen LogP contribution in [0.4, 0.5) is 5.82 Å². The van der Waals surface area contributed by atoms with Gasteiger partial charge in [-0.1, -0.05) is 0 Å². The number of hydrogen-bond acceptors (Lipinski definition) is 5. The first-order valence-corrected chi connectivity index (χ1v) is 4.63. The topological polar surface area (TPSA) is 55.3 Å². The van der Waals surface area contributed by atoms with Crippen molar-refractivity contribution in [3.8, 4) is 0 Å². The number of ether oxygens (including phenoxy) is 1. The molecular weight excluding hydrogens is 250 g/mol. The van der Waals surface area contributed by atoms with E-state index in [4.69, 9.17) is 0 Å². The second-order valence-electron chi connectivity index (χ2n) is 2.75. The molecule has 0 aliphatic heterocycles. The maximum absolute atomic E-state index is 11.3. The van der Waals surface area contributed by atoms with Crippen molar-refractivity contribution in [3.05, 3.63) is 16.5 Å². The maximum Gasteiger partial charge on any atom is 0.360 e. The predicted octanol–water partition coefficient (Wildman–Crippen LogP) is 1.09. The minimum absolute atomic E-state index is 0.201. The summed E-state index contributed by atoms with van der Waals surface area (Å²) in [5.41, 5.74) is 0.201. The molecule has 0 aliphatic carbocycles. The van der Waals surface area contributed by atoms with Crippen LogP contribution < -0.4 is 4.90 Å². The lowest BCUT2D eigenvalue weighted by Crippen LogP contribution is -2.18. The van der Waals surface area contributed by atoms with Crippen molar-refractivity contribution < 1.29 is 9.53 Å². The molecule has 0 N–H and O–H groups in total. The van der Waals surface area contributed by atoms with Crippen LogP contribution in [0.3, 0.4) is 0 Å². The summed E-state index contributed by atoms with van der Waals surface area (Å²) in [4.78, 5) is 21.1. The average Bonchev–Trinajstić information content (AvgIpc) is 2.16. The number of hydrogen-bond donors (Lipinski definition) is 0. The van der Waals surface area contributed by atoms with Gasteiger partial charge < -0.3 is 9.64 Å². The van der Waals surface area contributed by atoms with Crippen LogP contribution in [0.25, 0.3) is 0 Å². The zero-order valence-electron chi connectivity index (χ0n) is 8.11. The number of anilines is 1. The number of carbonyl (C=O) groups is 1. The first-order valence-electron chi connectivity index (χ1n) is 3.84. The Morgan fingerprint density at radius 3 is 2.71 bits per heavy atom. The van der Waals surface area contributed by atoms with E-state index in [0.29, 0.717) is 10.4 Å². The van der Waals surface area contributed by atoms with Crippen LogP contribution in [0.1, 0.15) is 10.5 Å². The van der Waals surface area contributed by atoms with Crippen LogP contribution in [0.15, 0.2) is 10.8 Å². The number of carbonyl (C=O) groups excluding carboxylic acids is 1. The summed E-state index contributed by atoms with van der Waals surface area (Å²) >= 11 is 3.14. The molecule has 0 atom stereocenters. The van der Waals surface area contributed by atoms with Gasteiger partial charge in [0.1, 0.15) is 4.60 Å². The first-order chi connectivity index (χ1) is 6.56. The first kappa shape index (κ1) is 10.9. The molecule has 1 aromatic rings. The van der Waals surface area contributed by atoms with E-state index in [1.807, 2.05) is 0 Å². The molecule has 0 aromatic carbocycles. The van der Waals surface area contributed by atoms with Crippen molar-refractivity contribution in [2.45, 2.75) is 0 Å². The Labute approximate surface area is 90.2 Å². The third kappa shape index (κ3) is 2.20. The van der Waals surface area contributed by atoms with E-state index < -0.39 is 5.97 Å². The summed E-state index contributed by atoms with van der Waals surface area (Å²) in [6.07, 6.45) is 1.53. The highest BCUT2D eigenvalue weighted by atomic mass is 79.9. The Bertz CT molecular complexity index is 354. The maximum atomic E-state index is 11.3. The molecule has 0 unspecified atom stereocenters. The van der Waals surface area contributed by atoms with Gasteiger partial charge in [0.2, 0.25) is 0 Å². The molecule has 0 saturated carbocycles. The predicted molar refractivity (Wildman–Crippen MR) is 55.4 cm³/mol. The van der Waals surface area contributed by atoms with E-state index in [0.717, 1.165) is 0 Å². The molecule has 14 heavy (non-hydrogen) atoms. The summed E-state index contributed by atoms with van der Waals surface area (Å²) in [6, 6.07) is 0. The zero-order chi connectivity index (χ0) is 10.7. The standard InChI is InChI=1S/C8H10BrN3O2/c1-12(2)7-6(8(13)14-3)11-5(9)4-10-7/h4H,1-3H3. The highest BCUT2D eigenvalue weighted by Gasteiger charge is 2.16. The summed E-state index contributed by atoms with van der Waals surface area (Å²) in [5, 5.41) is 0. The molecule has 0 radical (unpaired) electrons. The molecule has 0 spiro atoms. The fourth-order valence-electron chi connectivity index (χ4n) is 0.922. The third-order valence-corrected chi connectivity index (χ3v) is 1.91. The van der Waals surface area contributed by atoms with Gasteiger partial charge in [-0.2, -0.15) is 0 Å². The second kappa shape index (κ2) is 4.36. The van der Waals surface area contributed by atoms with Crippen molar-refractivity contribution in [2.24, 2.45) is 0 Å². The molecule has 1 rings (SSSR count). The van der Waals surface area contributed by atoms with Crippen molar-refractivity contribution in [3.63, 3.8) is 0 Å². The van der Waals surface area contributed by atoms with Gasteiger partial charge in [-0.3, -0.25) is 0 Å². The molecular formula is C8H10BrN3O2. The summed E-state index contributed by atoms with van der Waals surface area (Å²) in [7, 11) is 4.87. The molecule has 1 heterocycles. The molecule has 0 saturated heterocycles. The minimum Gasteiger partial charge on any atom is -0.464 e. The molecule has 6 heteroatoms. The van der Waals surface area contributed by atoms with E-state index in [1.165, 1.54) is 13.3 Å². The highest BCUT2D eigenvalue weighted by Crippen LogP contribution is 2.16. The highest BCUT2D eigenvalue weighted by molar-refractivity contribution is 9.10. The SMILES string of the molecule is COC(=O)c1nc(Br)cnc1N(C)C. The van der Waals surface area contributed by atoms with Crippen LogP contribution >= 0.6 is 15.9 Å². The van der Waals surface area contributed by atoms with Crippen LogP contribution in [-0.2, 0) is 4.74 Å². The molecule has 0 aliphatic rings. The molecule has 76 valence electrons. The number of esters is 1. The van der Waals surface area contributed by atoms with Gasteiger partial charge in [-0.25, -0.2) is 14.8 Å². The van der Waals surface area contributed by atoms with Gasteiger partial charge in [0.25, 0.3) is 0 Å². The van der Waals surface area contributed by atoms with Crippen LogP contribution in [-0.4, -0.2) is 37.1 Å². The largest absolute Gasteiger partial charge is 0.464 e. The van der Waals surface area contributed by atoms with Crippen molar-refractivity contribution in [2.75, 3.05) is 26.1 Å². The lowest BCUT2D eigenvalue weighted by molar-refractivity contribution is 0.0594.